The Morgan fingerprint density at radius 1 is 0.793 bits per heavy atom. The molecule has 160 valence electrons. The van der Waals surface area contributed by atoms with Crippen molar-refractivity contribution < 1.29 is 9.53 Å². The molecule has 0 saturated heterocycles. The SMILES string of the molecule is CC/C=C\C/C=C\C/C=C\CCCCCCCC(=O)OCCCc1ccccc1. The standard InChI is InChI=1S/C27H40O2/c1-2-3-4-5-6-7-8-9-10-11-12-13-14-15-19-24-27(28)29-25-20-23-26-21-17-16-18-22-26/h3-4,6-7,9-10,16-18,21-22H,2,5,8,11-15,19-20,23-25H2,1H3/b4-3-,7-6-,10-9-. The molecule has 0 fully saturated rings. The topological polar surface area (TPSA) is 26.3 Å². The van der Waals surface area contributed by atoms with Crippen LogP contribution in [0.2, 0.25) is 0 Å². The third kappa shape index (κ3) is 16.6. The number of allylic oxidation sites excluding steroid dienone is 6. The summed E-state index contributed by atoms with van der Waals surface area (Å²) in [5.41, 5.74) is 1.30. The Hall–Kier alpha value is -2.09. The molecule has 0 aliphatic rings. The van der Waals surface area contributed by atoms with Crippen LogP contribution in [0.3, 0.4) is 0 Å². The molecule has 0 N–H and O–H groups in total. The van der Waals surface area contributed by atoms with Gasteiger partial charge in [0.15, 0.2) is 0 Å². The first kappa shape index (κ1) is 24.9. The fourth-order valence-corrected chi connectivity index (χ4v) is 3.07. The van der Waals surface area contributed by atoms with Crippen molar-refractivity contribution in [2.45, 2.75) is 84.0 Å². The van der Waals surface area contributed by atoms with E-state index < -0.39 is 0 Å². The molecular weight excluding hydrogens is 356 g/mol. The molecule has 0 bridgehead atoms. The monoisotopic (exact) mass is 396 g/mol. The summed E-state index contributed by atoms with van der Waals surface area (Å²) in [7, 11) is 0. The Morgan fingerprint density at radius 3 is 2.21 bits per heavy atom. The number of hydrogen-bond donors (Lipinski definition) is 0. The summed E-state index contributed by atoms with van der Waals surface area (Å²) < 4.78 is 5.33. The predicted molar refractivity (Wildman–Crippen MR) is 125 cm³/mol. The van der Waals surface area contributed by atoms with E-state index in [0.717, 1.165) is 51.4 Å². The molecule has 1 rings (SSSR count). The van der Waals surface area contributed by atoms with Gasteiger partial charge in [0.25, 0.3) is 0 Å². The number of hydrogen-bond acceptors (Lipinski definition) is 2. The number of carbonyl (C=O) groups excluding carboxylic acids is 1. The lowest BCUT2D eigenvalue weighted by Crippen LogP contribution is -2.06. The van der Waals surface area contributed by atoms with Crippen molar-refractivity contribution in [3.8, 4) is 0 Å². The molecular formula is C27H40O2. The Labute approximate surface area is 178 Å². The molecule has 0 atom stereocenters. The first-order valence-electron chi connectivity index (χ1n) is 11.5. The van der Waals surface area contributed by atoms with E-state index in [0.29, 0.717) is 13.0 Å². The molecule has 2 nitrogen and oxygen atoms in total. The summed E-state index contributed by atoms with van der Waals surface area (Å²) in [6, 6.07) is 10.3. The number of esters is 1. The highest BCUT2D eigenvalue weighted by Gasteiger charge is 2.02. The van der Waals surface area contributed by atoms with Crippen molar-refractivity contribution in [3.05, 3.63) is 72.4 Å². The van der Waals surface area contributed by atoms with Gasteiger partial charge in [-0.15, -0.1) is 0 Å². The molecule has 0 aliphatic heterocycles. The average molecular weight is 397 g/mol. The van der Waals surface area contributed by atoms with Crippen LogP contribution in [0, 0.1) is 0 Å². The second-order valence-electron chi connectivity index (χ2n) is 7.41. The minimum Gasteiger partial charge on any atom is -0.466 e. The maximum Gasteiger partial charge on any atom is 0.305 e. The normalized spacial score (nSPS) is 11.8. The van der Waals surface area contributed by atoms with Gasteiger partial charge >= 0.3 is 5.97 Å². The summed E-state index contributed by atoms with van der Waals surface area (Å²) >= 11 is 0. The van der Waals surface area contributed by atoms with Crippen molar-refractivity contribution in [2.24, 2.45) is 0 Å². The van der Waals surface area contributed by atoms with E-state index in [1.54, 1.807) is 0 Å². The summed E-state index contributed by atoms with van der Waals surface area (Å²) in [6.45, 7) is 2.69. The quantitative estimate of drug-likeness (QED) is 0.153. The molecule has 0 heterocycles. The largest absolute Gasteiger partial charge is 0.466 e. The van der Waals surface area contributed by atoms with Gasteiger partial charge in [-0.05, 0) is 56.9 Å². The van der Waals surface area contributed by atoms with E-state index in [9.17, 15) is 4.79 Å². The van der Waals surface area contributed by atoms with Crippen molar-refractivity contribution in [1.82, 2.24) is 0 Å². The summed E-state index contributed by atoms with van der Waals surface area (Å²) in [5.74, 6) is -0.0424. The second kappa shape index (κ2) is 19.2. The van der Waals surface area contributed by atoms with E-state index in [-0.39, 0.29) is 5.97 Å². The van der Waals surface area contributed by atoms with Gasteiger partial charge in [-0.3, -0.25) is 4.79 Å². The summed E-state index contributed by atoms with van der Waals surface area (Å²) in [5, 5.41) is 0. The number of rotatable bonds is 17. The van der Waals surface area contributed by atoms with Crippen molar-refractivity contribution >= 4 is 5.97 Å². The Morgan fingerprint density at radius 2 is 1.45 bits per heavy atom. The van der Waals surface area contributed by atoms with Crippen molar-refractivity contribution in [1.29, 1.82) is 0 Å². The number of ether oxygens (including phenoxy) is 1. The molecule has 0 saturated carbocycles. The van der Waals surface area contributed by atoms with E-state index >= 15 is 0 Å². The maximum atomic E-state index is 11.7. The van der Waals surface area contributed by atoms with Crippen molar-refractivity contribution in [3.63, 3.8) is 0 Å². The second-order valence-corrected chi connectivity index (χ2v) is 7.41. The maximum absolute atomic E-state index is 11.7. The van der Waals surface area contributed by atoms with Gasteiger partial charge in [-0.1, -0.05) is 93.0 Å². The lowest BCUT2D eigenvalue weighted by Gasteiger charge is -2.05. The molecule has 0 aromatic heterocycles. The minimum atomic E-state index is -0.0424. The van der Waals surface area contributed by atoms with E-state index in [1.165, 1.54) is 24.8 Å². The molecule has 0 aliphatic carbocycles. The third-order valence-corrected chi connectivity index (χ3v) is 4.75. The highest BCUT2D eigenvalue weighted by molar-refractivity contribution is 5.69. The van der Waals surface area contributed by atoms with Gasteiger partial charge in [0.1, 0.15) is 0 Å². The molecule has 0 amide bonds. The van der Waals surface area contributed by atoms with Crippen LogP contribution < -0.4 is 0 Å². The third-order valence-electron chi connectivity index (χ3n) is 4.75. The van der Waals surface area contributed by atoms with E-state index in [1.807, 2.05) is 18.2 Å². The zero-order valence-corrected chi connectivity index (χ0v) is 18.4. The van der Waals surface area contributed by atoms with E-state index in [4.69, 9.17) is 4.74 Å². The highest BCUT2D eigenvalue weighted by Crippen LogP contribution is 2.09. The molecule has 0 unspecified atom stereocenters. The molecule has 0 spiro atoms. The van der Waals surface area contributed by atoms with Gasteiger partial charge in [0, 0.05) is 6.42 Å². The van der Waals surface area contributed by atoms with Crippen LogP contribution in [0.1, 0.15) is 83.1 Å². The molecule has 1 aromatic carbocycles. The van der Waals surface area contributed by atoms with Crippen LogP contribution in [0.5, 0.6) is 0 Å². The first-order chi connectivity index (χ1) is 14.3. The van der Waals surface area contributed by atoms with Gasteiger partial charge in [0.05, 0.1) is 6.61 Å². The number of carbonyl (C=O) groups is 1. The summed E-state index contributed by atoms with van der Waals surface area (Å²) in [4.78, 5) is 11.7. The number of aryl methyl sites for hydroxylation is 1. The molecule has 0 radical (unpaired) electrons. The van der Waals surface area contributed by atoms with Gasteiger partial charge in [-0.2, -0.15) is 0 Å². The van der Waals surface area contributed by atoms with Crippen LogP contribution >= 0.6 is 0 Å². The molecule has 1 aromatic rings. The van der Waals surface area contributed by atoms with E-state index in [2.05, 4.69) is 55.5 Å². The fourth-order valence-electron chi connectivity index (χ4n) is 3.07. The van der Waals surface area contributed by atoms with Crippen LogP contribution in [0.4, 0.5) is 0 Å². The van der Waals surface area contributed by atoms with Crippen LogP contribution in [-0.2, 0) is 16.0 Å². The minimum absolute atomic E-state index is 0.0424. The zero-order valence-electron chi connectivity index (χ0n) is 18.4. The van der Waals surface area contributed by atoms with Crippen molar-refractivity contribution in [2.75, 3.05) is 6.61 Å². The number of benzene rings is 1. The van der Waals surface area contributed by atoms with Crippen LogP contribution in [0.15, 0.2) is 66.8 Å². The average Bonchev–Trinajstić information content (AvgIpc) is 2.75. The lowest BCUT2D eigenvalue weighted by atomic mass is 10.1. The fraction of sp³-hybridized carbons (Fsp3) is 0.519. The van der Waals surface area contributed by atoms with Gasteiger partial charge in [-0.25, -0.2) is 0 Å². The molecule has 2 heteroatoms. The Balaban J connectivity index is 1.84. The molecule has 29 heavy (non-hydrogen) atoms. The highest BCUT2D eigenvalue weighted by atomic mass is 16.5. The van der Waals surface area contributed by atoms with Gasteiger partial charge < -0.3 is 4.74 Å². The summed E-state index contributed by atoms with van der Waals surface area (Å²) in [6.07, 6.45) is 26.0. The van der Waals surface area contributed by atoms with Crippen LogP contribution in [0.25, 0.3) is 0 Å². The van der Waals surface area contributed by atoms with Crippen LogP contribution in [-0.4, -0.2) is 12.6 Å². The Bertz CT molecular complexity index is 584. The lowest BCUT2D eigenvalue weighted by molar-refractivity contribution is -0.143. The predicted octanol–water partition coefficient (Wildman–Crippen LogP) is 7.75. The Kier molecular flexibility index (Phi) is 16.5. The van der Waals surface area contributed by atoms with Gasteiger partial charge in [0.2, 0.25) is 0 Å². The zero-order chi connectivity index (χ0) is 20.8. The smallest absolute Gasteiger partial charge is 0.305 e. The number of unbranched alkanes of at least 4 members (excludes halogenated alkanes) is 5. The first-order valence-corrected chi connectivity index (χ1v) is 11.5.